The van der Waals surface area contributed by atoms with Crippen molar-refractivity contribution in [3.8, 4) is 0 Å². The maximum Gasteiger partial charge on any atom is 0.236 e. The second kappa shape index (κ2) is 7.67. The number of hydrogen-bond donors (Lipinski definition) is 1. The topological polar surface area (TPSA) is 48.5 Å². The van der Waals surface area contributed by atoms with E-state index >= 15 is 0 Å². The van der Waals surface area contributed by atoms with Crippen molar-refractivity contribution in [3.63, 3.8) is 0 Å². The minimum Gasteiger partial charge on any atom is -0.345 e. The maximum atomic E-state index is 11.7. The number of rotatable bonds is 4. The fourth-order valence-electron chi connectivity index (χ4n) is 2.02. The molecule has 2 rings (SSSR count). The van der Waals surface area contributed by atoms with Gasteiger partial charge in [0.25, 0.3) is 0 Å². The van der Waals surface area contributed by atoms with Gasteiger partial charge in [-0.25, -0.2) is 4.98 Å². The molecule has 1 fully saturated rings. The van der Waals surface area contributed by atoms with E-state index in [2.05, 4.69) is 22.1 Å². The number of carbonyl (C=O) groups excluding carboxylic acids is 1. The van der Waals surface area contributed by atoms with Crippen molar-refractivity contribution in [2.24, 2.45) is 0 Å². The van der Waals surface area contributed by atoms with Crippen LogP contribution in [0.15, 0.2) is 6.20 Å². The molecule has 1 amide bonds. The Balaban J connectivity index is 0.00000180. The summed E-state index contributed by atoms with van der Waals surface area (Å²) >= 11 is 1.76. The monoisotopic (exact) mass is 304 g/mol. The molecule has 1 saturated heterocycles. The van der Waals surface area contributed by atoms with E-state index in [9.17, 15) is 4.79 Å². The molecule has 0 aliphatic carbocycles. The van der Waals surface area contributed by atoms with E-state index in [1.165, 1.54) is 4.88 Å². The zero-order valence-electron chi connectivity index (χ0n) is 11.4. The average Bonchev–Trinajstić information content (AvgIpc) is 2.88. The van der Waals surface area contributed by atoms with Gasteiger partial charge in [0.2, 0.25) is 5.91 Å². The van der Waals surface area contributed by atoms with Gasteiger partial charge in [-0.3, -0.25) is 4.79 Å². The van der Waals surface area contributed by atoms with E-state index in [1.54, 1.807) is 18.4 Å². The minimum atomic E-state index is 0. The number of likely N-dealkylation sites (N-methyl/N-ethyl adjacent to an activating group) is 1. The van der Waals surface area contributed by atoms with Crippen molar-refractivity contribution >= 4 is 34.8 Å². The molecule has 1 N–H and O–H groups in total. The van der Waals surface area contributed by atoms with Crippen LogP contribution in [-0.4, -0.2) is 55.6 Å². The Hall–Kier alpha value is -0.850. The average molecular weight is 305 g/mol. The number of piperazine rings is 1. The predicted octanol–water partition coefficient (Wildman–Crippen LogP) is 0.995. The lowest BCUT2D eigenvalue weighted by Crippen LogP contribution is -2.50. The van der Waals surface area contributed by atoms with Gasteiger partial charge in [0.15, 0.2) is 5.13 Å². The molecule has 1 aliphatic rings. The summed E-state index contributed by atoms with van der Waals surface area (Å²) in [6, 6.07) is 0. The smallest absolute Gasteiger partial charge is 0.236 e. The maximum absolute atomic E-state index is 11.7. The molecule has 5 nitrogen and oxygen atoms in total. The van der Waals surface area contributed by atoms with Gasteiger partial charge >= 0.3 is 0 Å². The highest BCUT2D eigenvalue weighted by molar-refractivity contribution is 7.15. The van der Waals surface area contributed by atoms with Crippen molar-refractivity contribution < 1.29 is 4.79 Å². The zero-order valence-corrected chi connectivity index (χ0v) is 13.0. The molecule has 19 heavy (non-hydrogen) atoms. The quantitative estimate of drug-likeness (QED) is 0.901. The summed E-state index contributed by atoms with van der Waals surface area (Å²) in [6.45, 7) is 5.92. The highest BCUT2D eigenvalue weighted by Gasteiger charge is 2.22. The van der Waals surface area contributed by atoms with Crippen LogP contribution >= 0.6 is 23.7 Å². The van der Waals surface area contributed by atoms with Crippen molar-refractivity contribution in [2.75, 3.05) is 44.7 Å². The van der Waals surface area contributed by atoms with Gasteiger partial charge < -0.3 is 15.1 Å². The standard InChI is InChI=1S/C12H20N4OS.ClH/c1-3-10-8-14-12(18-10)16-6-4-15(5-7-16)11(17)9-13-2;/h8,13H,3-7,9H2,1-2H3;1H. The van der Waals surface area contributed by atoms with E-state index in [0.29, 0.717) is 6.54 Å². The van der Waals surface area contributed by atoms with Crippen LogP contribution in [0.25, 0.3) is 0 Å². The fraction of sp³-hybridized carbons (Fsp3) is 0.667. The van der Waals surface area contributed by atoms with E-state index < -0.39 is 0 Å². The van der Waals surface area contributed by atoms with Gasteiger partial charge in [-0.2, -0.15) is 0 Å². The Bertz CT molecular complexity index is 404. The number of aryl methyl sites for hydroxylation is 1. The Labute approximate surface area is 124 Å². The van der Waals surface area contributed by atoms with Crippen LogP contribution in [0.2, 0.25) is 0 Å². The number of thiazole rings is 1. The number of nitrogens with one attached hydrogen (secondary N) is 1. The summed E-state index contributed by atoms with van der Waals surface area (Å²) in [5.74, 6) is 0.186. The van der Waals surface area contributed by atoms with Gasteiger partial charge in [0, 0.05) is 37.3 Å². The Kier molecular flexibility index (Phi) is 6.54. The van der Waals surface area contributed by atoms with E-state index in [4.69, 9.17) is 0 Å². The predicted molar refractivity (Wildman–Crippen MR) is 81.5 cm³/mol. The summed E-state index contributed by atoms with van der Waals surface area (Å²) in [5.41, 5.74) is 0. The van der Waals surface area contributed by atoms with Gasteiger partial charge in [-0.05, 0) is 13.5 Å². The van der Waals surface area contributed by atoms with E-state index in [1.807, 2.05) is 11.1 Å². The summed E-state index contributed by atoms with van der Waals surface area (Å²) < 4.78 is 0. The third-order valence-electron chi connectivity index (χ3n) is 3.12. The molecule has 0 bridgehead atoms. The summed E-state index contributed by atoms with van der Waals surface area (Å²) in [6.07, 6.45) is 3.00. The van der Waals surface area contributed by atoms with E-state index in [-0.39, 0.29) is 18.3 Å². The van der Waals surface area contributed by atoms with Gasteiger partial charge in [-0.1, -0.05) is 6.92 Å². The fourth-order valence-corrected chi connectivity index (χ4v) is 2.92. The summed E-state index contributed by atoms with van der Waals surface area (Å²) in [4.78, 5) is 21.7. The molecular formula is C12H21ClN4OS. The molecule has 0 spiro atoms. The van der Waals surface area contributed by atoms with Crippen molar-refractivity contribution in [1.82, 2.24) is 15.2 Å². The molecular weight excluding hydrogens is 284 g/mol. The summed E-state index contributed by atoms with van der Waals surface area (Å²) in [7, 11) is 1.80. The second-order valence-electron chi connectivity index (χ2n) is 4.36. The third-order valence-corrected chi connectivity index (χ3v) is 4.32. The SMILES string of the molecule is CCc1cnc(N2CCN(C(=O)CNC)CC2)s1.Cl. The molecule has 0 atom stereocenters. The zero-order chi connectivity index (χ0) is 13.0. The van der Waals surface area contributed by atoms with Gasteiger partial charge in [-0.15, -0.1) is 23.7 Å². The lowest BCUT2D eigenvalue weighted by atomic mass is 10.3. The number of anilines is 1. The van der Waals surface area contributed by atoms with Crippen LogP contribution < -0.4 is 10.2 Å². The number of hydrogen-bond acceptors (Lipinski definition) is 5. The molecule has 0 radical (unpaired) electrons. The molecule has 108 valence electrons. The van der Waals surface area contributed by atoms with E-state index in [0.717, 1.165) is 37.7 Å². The molecule has 1 aliphatic heterocycles. The van der Waals surface area contributed by atoms with Crippen LogP contribution in [0.1, 0.15) is 11.8 Å². The molecule has 1 aromatic rings. The van der Waals surface area contributed by atoms with Crippen LogP contribution in [-0.2, 0) is 11.2 Å². The Morgan fingerprint density at radius 1 is 1.42 bits per heavy atom. The van der Waals surface area contributed by atoms with Crippen LogP contribution in [0.3, 0.4) is 0 Å². The first-order chi connectivity index (χ1) is 8.74. The molecule has 1 aromatic heterocycles. The molecule has 2 heterocycles. The number of carbonyl (C=O) groups is 1. The Morgan fingerprint density at radius 3 is 2.63 bits per heavy atom. The molecule has 0 unspecified atom stereocenters. The van der Waals surface area contributed by atoms with Crippen LogP contribution in [0.4, 0.5) is 5.13 Å². The largest absolute Gasteiger partial charge is 0.345 e. The first-order valence-electron chi connectivity index (χ1n) is 6.36. The molecule has 7 heteroatoms. The highest BCUT2D eigenvalue weighted by atomic mass is 35.5. The van der Waals surface area contributed by atoms with Crippen molar-refractivity contribution in [2.45, 2.75) is 13.3 Å². The number of nitrogens with zero attached hydrogens (tertiary/aromatic N) is 3. The van der Waals surface area contributed by atoms with Gasteiger partial charge in [0.05, 0.1) is 6.54 Å². The van der Waals surface area contributed by atoms with Crippen LogP contribution in [0.5, 0.6) is 0 Å². The number of amides is 1. The first-order valence-corrected chi connectivity index (χ1v) is 7.18. The lowest BCUT2D eigenvalue weighted by Gasteiger charge is -2.34. The summed E-state index contributed by atoms with van der Waals surface area (Å²) in [5, 5.41) is 3.99. The highest BCUT2D eigenvalue weighted by Crippen LogP contribution is 2.23. The first kappa shape index (κ1) is 16.2. The lowest BCUT2D eigenvalue weighted by molar-refractivity contribution is -0.130. The third kappa shape index (κ3) is 4.06. The van der Waals surface area contributed by atoms with Crippen LogP contribution in [0, 0.1) is 0 Å². The minimum absolute atomic E-state index is 0. The normalized spacial score (nSPS) is 15.3. The molecule has 0 aromatic carbocycles. The number of halogens is 1. The van der Waals surface area contributed by atoms with Crippen molar-refractivity contribution in [1.29, 1.82) is 0 Å². The van der Waals surface area contributed by atoms with Crippen molar-refractivity contribution in [3.05, 3.63) is 11.1 Å². The van der Waals surface area contributed by atoms with Gasteiger partial charge in [0.1, 0.15) is 0 Å². The second-order valence-corrected chi connectivity index (χ2v) is 5.45. The molecule has 0 saturated carbocycles. The number of aromatic nitrogens is 1. The Morgan fingerprint density at radius 2 is 2.11 bits per heavy atom.